The summed E-state index contributed by atoms with van der Waals surface area (Å²) in [6.45, 7) is 2.20. The molecule has 1 aliphatic carbocycles. The third-order valence-corrected chi connectivity index (χ3v) is 5.67. The van der Waals surface area contributed by atoms with E-state index in [4.69, 9.17) is 4.42 Å². The number of nitrogens with zero attached hydrogens (tertiary/aromatic N) is 3. The highest BCUT2D eigenvalue weighted by atomic mass is 32.2. The van der Waals surface area contributed by atoms with Crippen LogP contribution in [0.1, 0.15) is 37.3 Å². The van der Waals surface area contributed by atoms with Crippen LogP contribution in [0.25, 0.3) is 0 Å². The highest BCUT2D eigenvalue weighted by Gasteiger charge is 2.32. The lowest BCUT2D eigenvalue weighted by molar-refractivity contribution is -0.274. The van der Waals surface area contributed by atoms with Gasteiger partial charge in [-0.1, -0.05) is 11.8 Å². The molecule has 1 atom stereocenters. The lowest BCUT2D eigenvalue weighted by Gasteiger charge is -2.14. The van der Waals surface area contributed by atoms with E-state index in [1.165, 1.54) is 23.9 Å². The van der Waals surface area contributed by atoms with Gasteiger partial charge in [0.25, 0.3) is 0 Å². The van der Waals surface area contributed by atoms with Crippen molar-refractivity contribution in [3.05, 3.63) is 54.2 Å². The number of furan rings is 1. The fourth-order valence-electron chi connectivity index (χ4n) is 2.93. The van der Waals surface area contributed by atoms with Gasteiger partial charge in [0.2, 0.25) is 5.91 Å². The van der Waals surface area contributed by atoms with Crippen molar-refractivity contribution in [3.8, 4) is 5.75 Å². The largest absolute Gasteiger partial charge is 0.573 e. The Labute approximate surface area is 180 Å². The molecule has 1 saturated carbocycles. The molecule has 1 aromatic carbocycles. The second-order valence-corrected chi connectivity index (χ2v) is 8.41. The number of rotatable bonds is 8. The number of carbonyl (C=O) groups is 1. The van der Waals surface area contributed by atoms with E-state index in [-0.39, 0.29) is 11.7 Å². The van der Waals surface area contributed by atoms with Crippen molar-refractivity contribution in [2.75, 3.05) is 5.32 Å². The lowest BCUT2D eigenvalue weighted by atomic mass is 10.3. The molecule has 1 unspecified atom stereocenters. The highest BCUT2D eigenvalue weighted by Crippen LogP contribution is 2.40. The number of alkyl halides is 3. The average Bonchev–Trinajstić information content (AvgIpc) is 3.28. The number of carbonyl (C=O) groups excluding carboxylic acids is 1. The molecule has 0 bridgehead atoms. The second-order valence-electron chi connectivity index (χ2n) is 7.10. The van der Waals surface area contributed by atoms with Gasteiger partial charge in [-0.05, 0) is 56.2 Å². The summed E-state index contributed by atoms with van der Waals surface area (Å²) in [5.74, 6) is 1.36. The predicted octanol–water partition coefficient (Wildman–Crippen LogP) is 4.81. The molecule has 4 rings (SSSR count). The quantitative estimate of drug-likeness (QED) is 0.494. The number of hydrogen-bond acceptors (Lipinski definition) is 6. The van der Waals surface area contributed by atoms with E-state index in [0.29, 0.717) is 23.3 Å². The lowest BCUT2D eigenvalue weighted by Crippen LogP contribution is -2.23. The second kappa shape index (κ2) is 8.66. The number of benzene rings is 1. The SMILES string of the molecule is CC(Sc1nnc(C2CC2)n1Cc1ccco1)C(=O)Nc1ccc(OC(F)(F)F)cc1. The number of amides is 1. The normalized spacial score (nSPS) is 15.0. The Kier molecular flexibility index (Phi) is 5.94. The zero-order chi connectivity index (χ0) is 22.0. The molecule has 0 radical (unpaired) electrons. The third-order valence-electron chi connectivity index (χ3n) is 4.59. The molecular formula is C20H19F3N4O3S. The topological polar surface area (TPSA) is 82.2 Å². The number of hydrogen-bond donors (Lipinski definition) is 1. The first-order valence-electron chi connectivity index (χ1n) is 9.57. The molecule has 31 heavy (non-hydrogen) atoms. The van der Waals surface area contributed by atoms with Gasteiger partial charge in [-0.2, -0.15) is 0 Å². The molecule has 164 valence electrons. The van der Waals surface area contributed by atoms with Crippen molar-refractivity contribution in [1.82, 2.24) is 14.8 Å². The Balaban J connectivity index is 1.41. The monoisotopic (exact) mass is 452 g/mol. The number of thioether (sulfide) groups is 1. The van der Waals surface area contributed by atoms with Gasteiger partial charge in [0.1, 0.15) is 17.3 Å². The number of halogens is 3. The van der Waals surface area contributed by atoms with E-state index in [1.54, 1.807) is 13.2 Å². The molecule has 1 aliphatic rings. The summed E-state index contributed by atoms with van der Waals surface area (Å²) in [5, 5.41) is 11.3. The van der Waals surface area contributed by atoms with Crippen molar-refractivity contribution in [2.24, 2.45) is 0 Å². The van der Waals surface area contributed by atoms with Crippen LogP contribution in [0.3, 0.4) is 0 Å². The Bertz CT molecular complexity index is 1030. The van der Waals surface area contributed by atoms with Gasteiger partial charge < -0.3 is 14.5 Å². The summed E-state index contributed by atoms with van der Waals surface area (Å²) >= 11 is 1.26. The Morgan fingerprint density at radius 1 is 1.29 bits per heavy atom. The zero-order valence-corrected chi connectivity index (χ0v) is 17.2. The molecule has 1 N–H and O–H groups in total. The average molecular weight is 452 g/mol. The standard InChI is InChI=1S/C20H19F3N4O3S/c1-12(18(28)24-14-6-8-15(9-7-14)30-20(21,22)23)31-19-26-25-17(13-4-5-13)27(19)11-16-3-2-10-29-16/h2-3,6-10,12-13H,4-5,11H2,1H3,(H,24,28). The summed E-state index contributed by atoms with van der Waals surface area (Å²) < 4.78 is 48.0. The van der Waals surface area contributed by atoms with Crippen LogP contribution in [0, 0.1) is 0 Å². The molecule has 0 aliphatic heterocycles. The van der Waals surface area contributed by atoms with Crippen molar-refractivity contribution < 1.29 is 27.1 Å². The highest BCUT2D eigenvalue weighted by molar-refractivity contribution is 8.00. The molecule has 1 amide bonds. The summed E-state index contributed by atoms with van der Waals surface area (Å²) in [6.07, 6.45) is -1.04. The van der Waals surface area contributed by atoms with Crippen molar-refractivity contribution in [2.45, 2.75) is 49.0 Å². The van der Waals surface area contributed by atoms with Gasteiger partial charge in [-0.3, -0.25) is 9.36 Å². The van der Waals surface area contributed by atoms with E-state index < -0.39 is 11.6 Å². The van der Waals surface area contributed by atoms with Crippen LogP contribution in [0.5, 0.6) is 5.75 Å². The van der Waals surface area contributed by atoms with Gasteiger partial charge in [-0.15, -0.1) is 23.4 Å². The number of ether oxygens (including phenoxy) is 1. The molecule has 0 spiro atoms. The number of anilines is 1. The molecule has 2 heterocycles. The van der Waals surface area contributed by atoms with Gasteiger partial charge in [0.15, 0.2) is 5.16 Å². The minimum atomic E-state index is -4.76. The molecular weight excluding hydrogens is 433 g/mol. The van der Waals surface area contributed by atoms with E-state index in [9.17, 15) is 18.0 Å². The maximum atomic E-state index is 12.6. The fourth-order valence-corrected chi connectivity index (χ4v) is 3.79. The third kappa shape index (κ3) is 5.60. The first-order valence-corrected chi connectivity index (χ1v) is 10.5. The van der Waals surface area contributed by atoms with Gasteiger partial charge >= 0.3 is 6.36 Å². The molecule has 0 saturated heterocycles. The fraction of sp³-hybridized carbons (Fsp3) is 0.350. The summed E-state index contributed by atoms with van der Waals surface area (Å²) in [6, 6.07) is 8.66. The minimum absolute atomic E-state index is 0.310. The molecule has 2 aromatic heterocycles. The minimum Gasteiger partial charge on any atom is -0.467 e. The van der Waals surface area contributed by atoms with Crippen LogP contribution in [0.4, 0.5) is 18.9 Å². The van der Waals surface area contributed by atoms with Crippen molar-refractivity contribution in [3.63, 3.8) is 0 Å². The van der Waals surface area contributed by atoms with Crippen LogP contribution in [-0.4, -0.2) is 32.3 Å². The molecule has 11 heteroatoms. The maximum absolute atomic E-state index is 12.6. The van der Waals surface area contributed by atoms with Crippen LogP contribution in [0.15, 0.2) is 52.2 Å². The first-order chi connectivity index (χ1) is 14.8. The van der Waals surface area contributed by atoms with Crippen LogP contribution < -0.4 is 10.1 Å². The number of aromatic nitrogens is 3. The Morgan fingerprint density at radius 2 is 2.03 bits per heavy atom. The smallest absolute Gasteiger partial charge is 0.467 e. The van der Waals surface area contributed by atoms with Gasteiger partial charge in [-0.25, -0.2) is 0 Å². The predicted molar refractivity (Wildman–Crippen MR) is 107 cm³/mol. The van der Waals surface area contributed by atoms with Crippen LogP contribution in [-0.2, 0) is 11.3 Å². The molecule has 3 aromatic rings. The van der Waals surface area contributed by atoms with Crippen LogP contribution >= 0.6 is 11.8 Å². The van der Waals surface area contributed by atoms with E-state index >= 15 is 0 Å². The molecule has 7 nitrogen and oxygen atoms in total. The van der Waals surface area contributed by atoms with E-state index in [1.807, 2.05) is 16.7 Å². The first kappa shape index (κ1) is 21.3. The summed E-state index contributed by atoms with van der Waals surface area (Å²) in [5.41, 5.74) is 0.364. The van der Waals surface area contributed by atoms with E-state index in [2.05, 4.69) is 20.3 Å². The van der Waals surface area contributed by atoms with Gasteiger partial charge in [0, 0.05) is 11.6 Å². The Morgan fingerprint density at radius 3 is 2.65 bits per heavy atom. The molecule has 1 fully saturated rings. The zero-order valence-electron chi connectivity index (χ0n) is 16.4. The summed E-state index contributed by atoms with van der Waals surface area (Å²) in [4.78, 5) is 12.6. The Hall–Kier alpha value is -2.95. The van der Waals surface area contributed by atoms with Crippen molar-refractivity contribution >= 4 is 23.4 Å². The number of nitrogens with one attached hydrogen (secondary N) is 1. The summed E-state index contributed by atoms with van der Waals surface area (Å²) in [7, 11) is 0. The van der Waals surface area contributed by atoms with E-state index in [0.717, 1.165) is 36.6 Å². The van der Waals surface area contributed by atoms with Crippen molar-refractivity contribution in [1.29, 1.82) is 0 Å². The maximum Gasteiger partial charge on any atom is 0.573 e. The van der Waals surface area contributed by atoms with Crippen LogP contribution in [0.2, 0.25) is 0 Å². The van der Waals surface area contributed by atoms with Gasteiger partial charge in [0.05, 0.1) is 18.1 Å².